The number of esters is 1. The van der Waals surface area contributed by atoms with Crippen molar-refractivity contribution >= 4 is 18.0 Å². The lowest BCUT2D eigenvalue weighted by molar-refractivity contribution is -0.157. The van der Waals surface area contributed by atoms with Crippen LogP contribution in [-0.4, -0.2) is 78.3 Å². The molecule has 1 saturated heterocycles. The molecule has 2 aromatic heterocycles. The van der Waals surface area contributed by atoms with Crippen molar-refractivity contribution in [2.45, 2.75) is 72.8 Å². The van der Waals surface area contributed by atoms with Gasteiger partial charge in [-0.25, -0.2) is 4.68 Å². The van der Waals surface area contributed by atoms with E-state index in [4.69, 9.17) is 9.47 Å². The van der Waals surface area contributed by atoms with Crippen LogP contribution in [0.2, 0.25) is 0 Å². The van der Waals surface area contributed by atoms with E-state index in [1.54, 1.807) is 43.5 Å². The van der Waals surface area contributed by atoms with Gasteiger partial charge in [0.05, 0.1) is 36.0 Å². The second kappa shape index (κ2) is 14.8. The summed E-state index contributed by atoms with van der Waals surface area (Å²) in [5, 5.41) is 19.6. The third-order valence-electron chi connectivity index (χ3n) is 7.47. The van der Waals surface area contributed by atoms with Crippen LogP contribution >= 0.6 is 0 Å². The van der Waals surface area contributed by atoms with Gasteiger partial charge in [-0.1, -0.05) is 11.3 Å². The van der Waals surface area contributed by atoms with Gasteiger partial charge in [-0.05, 0) is 87.4 Å². The van der Waals surface area contributed by atoms with Crippen LogP contribution in [0.5, 0.6) is 0 Å². The zero-order valence-electron chi connectivity index (χ0n) is 26.0. The topological polar surface area (TPSA) is 130 Å². The van der Waals surface area contributed by atoms with Gasteiger partial charge >= 0.3 is 12.1 Å². The lowest BCUT2D eigenvalue weighted by Crippen LogP contribution is -2.37. The molecule has 1 fully saturated rings. The third kappa shape index (κ3) is 9.93. The van der Waals surface area contributed by atoms with E-state index in [2.05, 4.69) is 25.7 Å². The fourth-order valence-corrected chi connectivity index (χ4v) is 4.78. The van der Waals surface area contributed by atoms with Crippen molar-refractivity contribution in [1.82, 2.24) is 40.1 Å². The SMILES string of the molecule is Cc1nnn(Cc2cc(C(F)(F)F)ccc2C=CC(=O)N2CCC(CCOCCc3cnnn3COC(=O)C(C)(C)C)CC2)n1. The highest BCUT2D eigenvalue weighted by Crippen LogP contribution is 2.31. The van der Waals surface area contributed by atoms with E-state index in [1.807, 2.05) is 0 Å². The number of nitrogens with zero attached hydrogens (tertiary/aromatic N) is 8. The van der Waals surface area contributed by atoms with Crippen molar-refractivity contribution in [2.24, 2.45) is 11.3 Å². The summed E-state index contributed by atoms with van der Waals surface area (Å²) < 4.78 is 52.7. The first kappa shape index (κ1) is 33.7. The molecule has 15 heteroatoms. The van der Waals surface area contributed by atoms with E-state index >= 15 is 0 Å². The number of alkyl halides is 3. The second-order valence-corrected chi connectivity index (χ2v) is 12.1. The molecule has 0 radical (unpaired) electrons. The average molecular weight is 633 g/mol. The predicted octanol–water partition coefficient (Wildman–Crippen LogP) is 4.09. The van der Waals surface area contributed by atoms with Crippen molar-refractivity contribution < 1.29 is 32.2 Å². The van der Waals surface area contributed by atoms with Crippen LogP contribution in [-0.2, 0) is 44.9 Å². The molecule has 1 amide bonds. The van der Waals surface area contributed by atoms with Gasteiger partial charge in [-0.2, -0.15) is 18.0 Å². The number of benzene rings is 1. The van der Waals surface area contributed by atoms with Crippen LogP contribution in [0.15, 0.2) is 30.5 Å². The maximum atomic E-state index is 13.3. The number of carbonyl (C=O) groups is 2. The van der Waals surface area contributed by atoms with E-state index < -0.39 is 17.2 Å². The smallest absolute Gasteiger partial charge is 0.416 e. The highest BCUT2D eigenvalue weighted by molar-refractivity contribution is 5.92. The summed E-state index contributed by atoms with van der Waals surface area (Å²) in [5.41, 5.74) is 0.231. The van der Waals surface area contributed by atoms with Gasteiger partial charge in [0.25, 0.3) is 0 Å². The molecule has 3 aromatic rings. The van der Waals surface area contributed by atoms with Gasteiger partial charge in [-0.15, -0.1) is 15.3 Å². The van der Waals surface area contributed by atoms with Crippen molar-refractivity contribution in [3.05, 3.63) is 58.7 Å². The normalized spacial score (nSPS) is 14.8. The number of likely N-dealkylation sites (tertiary alicyclic amines) is 1. The zero-order chi connectivity index (χ0) is 32.6. The summed E-state index contributed by atoms with van der Waals surface area (Å²) in [6.45, 7) is 9.22. The fourth-order valence-electron chi connectivity index (χ4n) is 4.78. The summed E-state index contributed by atoms with van der Waals surface area (Å²) in [6, 6.07) is 3.40. The van der Waals surface area contributed by atoms with Crippen molar-refractivity contribution in [3.63, 3.8) is 0 Å². The fraction of sp³-hybridized carbons (Fsp3) is 0.567. The summed E-state index contributed by atoms with van der Waals surface area (Å²) in [6.07, 6.45) is 3.18. The molecule has 4 rings (SSSR count). The molecular formula is C30H39F3N8O4. The van der Waals surface area contributed by atoms with Crippen LogP contribution < -0.4 is 0 Å². The molecule has 244 valence electrons. The van der Waals surface area contributed by atoms with Gasteiger partial charge in [0.15, 0.2) is 12.6 Å². The number of piperidine rings is 1. The minimum atomic E-state index is -4.50. The Balaban J connectivity index is 1.20. The van der Waals surface area contributed by atoms with Gasteiger partial charge in [-0.3, -0.25) is 9.59 Å². The number of halogens is 3. The average Bonchev–Trinajstić information content (AvgIpc) is 3.62. The second-order valence-electron chi connectivity index (χ2n) is 12.1. The quantitative estimate of drug-likeness (QED) is 0.165. The molecule has 0 aliphatic carbocycles. The number of amides is 1. The Hall–Kier alpha value is -4.14. The first-order chi connectivity index (χ1) is 21.3. The predicted molar refractivity (Wildman–Crippen MR) is 156 cm³/mol. The highest BCUT2D eigenvalue weighted by atomic mass is 19.4. The van der Waals surface area contributed by atoms with E-state index in [9.17, 15) is 22.8 Å². The summed E-state index contributed by atoms with van der Waals surface area (Å²) in [4.78, 5) is 27.9. The van der Waals surface area contributed by atoms with Crippen LogP contribution in [0.25, 0.3) is 6.08 Å². The number of ether oxygens (including phenoxy) is 2. The molecule has 0 saturated carbocycles. The first-order valence-electron chi connectivity index (χ1n) is 14.8. The molecule has 1 aliphatic heterocycles. The number of rotatable bonds is 12. The maximum Gasteiger partial charge on any atom is 0.416 e. The molecule has 0 N–H and O–H groups in total. The number of aromatic nitrogens is 7. The van der Waals surface area contributed by atoms with E-state index in [-0.39, 0.29) is 25.2 Å². The van der Waals surface area contributed by atoms with Gasteiger partial charge in [0, 0.05) is 32.2 Å². The standard InChI is InChI=1S/C30H39F3N8O4/c1-21-35-38-41(36-21)19-24-17-25(30(31,32)33)7-5-23(24)6-8-27(42)39-13-9-22(10-14-39)11-15-44-16-12-26-18-34-37-40(26)20-45-28(43)29(2,3)4/h5-8,17-18,22H,9-16,19-20H2,1-4H3. The Labute approximate surface area is 259 Å². The molecule has 45 heavy (non-hydrogen) atoms. The molecule has 0 spiro atoms. The largest absolute Gasteiger partial charge is 0.442 e. The number of aryl methyl sites for hydroxylation is 1. The Kier molecular flexibility index (Phi) is 11.1. The third-order valence-corrected chi connectivity index (χ3v) is 7.47. The Bertz CT molecular complexity index is 1470. The molecule has 0 bridgehead atoms. The van der Waals surface area contributed by atoms with Crippen molar-refractivity contribution in [1.29, 1.82) is 0 Å². The van der Waals surface area contributed by atoms with Crippen molar-refractivity contribution in [2.75, 3.05) is 26.3 Å². The number of carbonyl (C=O) groups excluding carboxylic acids is 2. The van der Waals surface area contributed by atoms with Crippen LogP contribution in [0.1, 0.15) is 68.2 Å². The van der Waals surface area contributed by atoms with E-state index in [0.29, 0.717) is 55.6 Å². The van der Waals surface area contributed by atoms with Gasteiger partial charge in [0.2, 0.25) is 5.91 Å². The molecule has 12 nitrogen and oxygen atoms in total. The van der Waals surface area contributed by atoms with Crippen LogP contribution in [0, 0.1) is 18.3 Å². The van der Waals surface area contributed by atoms with Crippen LogP contribution in [0.4, 0.5) is 13.2 Å². The lowest BCUT2D eigenvalue weighted by atomic mass is 9.94. The van der Waals surface area contributed by atoms with Gasteiger partial charge in [0.1, 0.15) is 0 Å². The minimum absolute atomic E-state index is 0.00358. The summed E-state index contributed by atoms with van der Waals surface area (Å²) in [5.74, 6) is 0.318. The summed E-state index contributed by atoms with van der Waals surface area (Å²) >= 11 is 0. The number of hydrogen-bond acceptors (Lipinski definition) is 9. The molecule has 1 aromatic carbocycles. The summed E-state index contributed by atoms with van der Waals surface area (Å²) in [7, 11) is 0. The number of hydrogen-bond donors (Lipinski definition) is 0. The maximum absolute atomic E-state index is 13.3. The number of tetrazole rings is 1. The first-order valence-corrected chi connectivity index (χ1v) is 14.8. The van der Waals surface area contributed by atoms with E-state index in [0.717, 1.165) is 37.1 Å². The minimum Gasteiger partial charge on any atom is -0.442 e. The molecule has 1 aliphatic rings. The Morgan fingerprint density at radius 2 is 1.84 bits per heavy atom. The Morgan fingerprint density at radius 1 is 1.09 bits per heavy atom. The van der Waals surface area contributed by atoms with E-state index in [1.165, 1.54) is 23.0 Å². The molecule has 0 unspecified atom stereocenters. The zero-order valence-corrected chi connectivity index (χ0v) is 26.0. The van der Waals surface area contributed by atoms with Gasteiger partial charge < -0.3 is 14.4 Å². The van der Waals surface area contributed by atoms with Crippen LogP contribution in [0.3, 0.4) is 0 Å². The monoisotopic (exact) mass is 632 g/mol. The molecule has 0 atom stereocenters. The highest BCUT2D eigenvalue weighted by Gasteiger charge is 2.31. The Morgan fingerprint density at radius 3 is 2.51 bits per heavy atom. The lowest BCUT2D eigenvalue weighted by Gasteiger charge is -2.31. The molecule has 3 heterocycles. The molecular weight excluding hydrogens is 593 g/mol. The van der Waals surface area contributed by atoms with Crippen molar-refractivity contribution in [3.8, 4) is 0 Å².